The van der Waals surface area contributed by atoms with Crippen molar-refractivity contribution in [1.82, 2.24) is 24.7 Å². The van der Waals surface area contributed by atoms with Crippen LogP contribution in [0.5, 0.6) is 0 Å². The maximum Gasteiger partial charge on any atom is 0.258 e. The van der Waals surface area contributed by atoms with Crippen molar-refractivity contribution in [1.29, 1.82) is 0 Å². The van der Waals surface area contributed by atoms with Gasteiger partial charge in [0.1, 0.15) is 5.82 Å². The third-order valence-corrected chi connectivity index (χ3v) is 4.63. The summed E-state index contributed by atoms with van der Waals surface area (Å²) >= 11 is 1.55. The number of aryl methyl sites for hydroxylation is 1. The minimum absolute atomic E-state index is 0.104. The molecule has 2 N–H and O–H groups in total. The first-order valence-electron chi connectivity index (χ1n) is 7.85. The van der Waals surface area contributed by atoms with Gasteiger partial charge >= 0.3 is 0 Å². The number of nitrogens with one attached hydrogen (secondary N) is 2. The number of rotatable bonds is 5. The molecule has 3 heterocycles. The van der Waals surface area contributed by atoms with Gasteiger partial charge < -0.3 is 10.3 Å². The lowest BCUT2D eigenvalue weighted by molar-refractivity contribution is -0.121. The number of thiazole rings is 1. The lowest BCUT2D eigenvalue weighted by Gasteiger charge is -2.04. The number of hydrogen-bond donors (Lipinski definition) is 2. The van der Waals surface area contributed by atoms with Gasteiger partial charge in [-0.15, -0.1) is 11.3 Å². The number of benzene rings is 1. The minimum Gasteiger partial charge on any atom is -0.350 e. The molecule has 0 fully saturated rings. The Morgan fingerprint density at radius 2 is 2.16 bits per heavy atom. The summed E-state index contributed by atoms with van der Waals surface area (Å²) in [7, 11) is 0. The smallest absolute Gasteiger partial charge is 0.258 e. The molecule has 1 aromatic carbocycles. The highest BCUT2D eigenvalue weighted by Crippen LogP contribution is 2.11. The van der Waals surface area contributed by atoms with Crippen LogP contribution >= 0.6 is 11.3 Å². The van der Waals surface area contributed by atoms with E-state index in [9.17, 15) is 9.59 Å². The molecule has 4 aromatic rings. The Morgan fingerprint density at radius 1 is 1.28 bits per heavy atom. The van der Waals surface area contributed by atoms with E-state index in [1.807, 2.05) is 28.2 Å². The van der Waals surface area contributed by atoms with Gasteiger partial charge in [0.15, 0.2) is 4.96 Å². The van der Waals surface area contributed by atoms with Crippen LogP contribution in [0.2, 0.25) is 0 Å². The molecule has 8 heteroatoms. The molecule has 0 unspecified atom stereocenters. The summed E-state index contributed by atoms with van der Waals surface area (Å²) in [4.78, 5) is 36.5. The lowest BCUT2D eigenvalue weighted by Crippen LogP contribution is -2.24. The number of hydrogen-bond acceptors (Lipinski definition) is 5. The predicted molar refractivity (Wildman–Crippen MR) is 95.6 cm³/mol. The molecule has 1 amide bonds. The molecule has 0 aliphatic rings. The number of nitrogens with zero attached hydrogens (tertiary/aromatic N) is 3. The van der Waals surface area contributed by atoms with E-state index in [1.165, 1.54) is 0 Å². The van der Waals surface area contributed by atoms with Gasteiger partial charge in [-0.3, -0.25) is 14.0 Å². The van der Waals surface area contributed by atoms with Crippen molar-refractivity contribution in [2.75, 3.05) is 0 Å². The van der Waals surface area contributed by atoms with E-state index in [0.717, 1.165) is 10.7 Å². The number of aromatic amines is 1. The molecule has 25 heavy (non-hydrogen) atoms. The van der Waals surface area contributed by atoms with Crippen molar-refractivity contribution in [3.8, 4) is 0 Å². The monoisotopic (exact) mass is 353 g/mol. The topological polar surface area (TPSA) is 92.1 Å². The van der Waals surface area contributed by atoms with Gasteiger partial charge in [-0.05, 0) is 12.1 Å². The van der Waals surface area contributed by atoms with E-state index in [2.05, 4.69) is 20.3 Å². The molecule has 0 aliphatic carbocycles. The molecule has 0 atom stereocenters. The molecular formula is C17H15N5O2S. The summed E-state index contributed by atoms with van der Waals surface area (Å²) in [5, 5.41) is 5.35. The fourth-order valence-electron chi connectivity index (χ4n) is 2.62. The van der Waals surface area contributed by atoms with E-state index >= 15 is 0 Å². The largest absolute Gasteiger partial charge is 0.350 e. The van der Waals surface area contributed by atoms with Crippen molar-refractivity contribution >= 4 is 33.1 Å². The normalized spacial score (nSPS) is 11.2. The van der Waals surface area contributed by atoms with Crippen molar-refractivity contribution in [3.63, 3.8) is 0 Å². The molecule has 4 rings (SSSR count). The maximum absolute atomic E-state index is 12.0. The van der Waals surface area contributed by atoms with Gasteiger partial charge in [0, 0.05) is 30.6 Å². The van der Waals surface area contributed by atoms with Crippen LogP contribution in [0.15, 0.2) is 46.8 Å². The van der Waals surface area contributed by atoms with Crippen LogP contribution < -0.4 is 10.9 Å². The molecule has 0 saturated carbocycles. The molecule has 0 spiro atoms. The number of amides is 1. The van der Waals surface area contributed by atoms with Crippen molar-refractivity contribution < 1.29 is 4.79 Å². The number of para-hydroxylation sites is 1. The fraction of sp³-hybridized carbons (Fsp3) is 0.176. The van der Waals surface area contributed by atoms with Gasteiger partial charge in [0.05, 0.1) is 23.1 Å². The summed E-state index contributed by atoms with van der Waals surface area (Å²) in [6, 6.07) is 7.15. The van der Waals surface area contributed by atoms with Gasteiger partial charge in [-0.25, -0.2) is 9.97 Å². The second-order valence-electron chi connectivity index (χ2n) is 5.63. The Morgan fingerprint density at radius 3 is 3.04 bits per heavy atom. The quantitative estimate of drug-likeness (QED) is 0.573. The number of imidazole rings is 1. The number of fused-ring (bicyclic) bond motifs is 2. The average Bonchev–Trinajstić information content (AvgIpc) is 3.20. The number of aromatic nitrogens is 4. The number of carbonyl (C=O) groups excluding carboxylic acids is 1. The highest BCUT2D eigenvalue weighted by molar-refractivity contribution is 7.15. The molecule has 3 aromatic heterocycles. The van der Waals surface area contributed by atoms with Crippen LogP contribution in [0, 0.1) is 0 Å². The molecule has 126 valence electrons. The van der Waals surface area contributed by atoms with Crippen LogP contribution in [0.4, 0.5) is 0 Å². The van der Waals surface area contributed by atoms with Crippen LogP contribution in [-0.4, -0.2) is 25.3 Å². The summed E-state index contributed by atoms with van der Waals surface area (Å²) in [5.41, 5.74) is 1.27. The predicted octanol–water partition coefficient (Wildman–Crippen LogP) is 1.88. The van der Waals surface area contributed by atoms with E-state index in [4.69, 9.17) is 0 Å². The first kappa shape index (κ1) is 15.5. The zero-order valence-electron chi connectivity index (χ0n) is 13.2. The summed E-state index contributed by atoms with van der Waals surface area (Å²) < 4.78 is 1.93. The minimum atomic E-state index is -0.181. The van der Waals surface area contributed by atoms with Gasteiger partial charge in [0.2, 0.25) is 5.91 Å². The first-order valence-corrected chi connectivity index (χ1v) is 8.73. The third-order valence-electron chi connectivity index (χ3n) is 3.86. The molecule has 7 nitrogen and oxygen atoms in total. The fourth-order valence-corrected chi connectivity index (χ4v) is 3.34. The Hall–Kier alpha value is -3.00. The SMILES string of the molecule is O=C(CCc1nc2ccccc2c(=O)[nH]1)NCc1cn2ccsc2n1. The summed E-state index contributed by atoms with van der Waals surface area (Å²) in [6.45, 7) is 0.384. The zero-order chi connectivity index (χ0) is 17.2. The van der Waals surface area contributed by atoms with E-state index in [1.54, 1.807) is 29.5 Å². The van der Waals surface area contributed by atoms with Crippen LogP contribution in [0.1, 0.15) is 17.9 Å². The van der Waals surface area contributed by atoms with Gasteiger partial charge in [0.25, 0.3) is 5.56 Å². The number of carbonyl (C=O) groups is 1. The van der Waals surface area contributed by atoms with E-state index < -0.39 is 0 Å². The highest BCUT2D eigenvalue weighted by Gasteiger charge is 2.08. The standard InChI is InChI=1S/C17H15N5O2S/c23-15(18-9-11-10-22-7-8-25-17(22)19-11)6-5-14-20-13-4-2-1-3-12(13)16(24)21-14/h1-4,7-8,10H,5-6,9H2,(H,18,23)(H,20,21,24). The lowest BCUT2D eigenvalue weighted by atomic mass is 10.2. The van der Waals surface area contributed by atoms with Gasteiger partial charge in [-0.2, -0.15) is 0 Å². The maximum atomic E-state index is 12.0. The third kappa shape index (κ3) is 3.29. The highest BCUT2D eigenvalue weighted by atomic mass is 32.1. The molecule has 0 radical (unpaired) electrons. The Balaban J connectivity index is 1.36. The second kappa shape index (κ2) is 6.48. The van der Waals surface area contributed by atoms with Crippen LogP contribution in [0.3, 0.4) is 0 Å². The van der Waals surface area contributed by atoms with Crippen molar-refractivity contribution in [2.24, 2.45) is 0 Å². The molecule has 0 bridgehead atoms. The second-order valence-corrected chi connectivity index (χ2v) is 6.50. The molecule has 0 saturated heterocycles. The van der Waals surface area contributed by atoms with E-state index in [-0.39, 0.29) is 17.9 Å². The summed E-state index contributed by atoms with van der Waals surface area (Å²) in [6.07, 6.45) is 4.46. The molecular weight excluding hydrogens is 338 g/mol. The molecule has 0 aliphatic heterocycles. The van der Waals surface area contributed by atoms with E-state index in [0.29, 0.717) is 29.7 Å². The van der Waals surface area contributed by atoms with Crippen molar-refractivity contribution in [3.05, 3.63) is 63.9 Å². The summed E-state index contributed by atoms with van der Waals surface area (Å²) in [5.74, 6) is 0.411. The zero-order valence-corrected chi connectivity index (χ0v) is 14.0. The van der Waals surface area contributed by atoms with Crippen LogP contribution in [0.25, 0.3) is 15.9 Å². The average molecular weight is 353 g/mol. The number of H-pyrrole nitrogens is 1. The first-order chi connectivity index (χ1) is 12.2. The Bertz CT molecular complexity index is 1080. The van der Waals surface area contributed by atoms with Gasteiger partial charge in [-0.1, -0.05) is 12.1 Å². The van der Waals surface area contributed by atoms with Crippen LogP contribution in [-0.2, 0) is 17.8 Å². The Kier molecular flexibility index (Phi) is 4.02. The van der Waals surface area contributed by atoms with Crippen molar-refractivity contribution in [2.45, 2.75) is 19.4 Å². The Labute approximate surface area is 146 Å².